The Kier molecular flexibility index (Phi) is 6.91. The number of methoxy groups -OCH3 is 1. The predicted octanol–water partition coefficient (Wildman–Crippen LogP) is 3.13. The van der Waals surface area contributed by atoms with Crippen molar-refractivity contribution in [2.24, 2.45) is 0 Å². The molecule has 1 unspecified atom stereocenters. The lowest BCUT2D eigenvalue weighted by Gasteiger charge is -2.15. The van der Waals surface area contributed by atoms with E-state index in [1.54, 1.807) is 24.3 Å². The van der Waals surface area contributed by atoms with Crippen LogP contribution < -0.4 is 11.1 Å². The Bertz CT molecular complexity index is 958. The van der Waals surface area contributed by atoms with Gasteiger partial charge >= 0.3 is 5.97 Å². The summed E-state index contributed by atoms with van der Waals surface area (Å²) in [6.07, 6.45) is 1.26. The molecular formula is C21H21N3O4S. The van der Waals surface area contributed by atoms with Crippen LogP contribution in [0.2, 0.25) is 0 Å². The van der Waals surface area contributed by atoms with E-state index in [1.807, 2.05) is 30.3 Å². The fraction of sp³-hybridized carbons (Fsp3) is 0.190. The summed E-state index contributed by atoms with van der Waals surface area (Å²) in [6.45, 7) is 0. The average molecular weight is 411 g/mol. The number of hydrogen-bond donors (Lipinski definition) is 2. The highest BCUT2D eigenvalue weighted by Crippen LogP contribution is 2.20. The smallest absolute Gasteiger partial charge is 0.329 e. The molecule has 3 N–H and O–H groups in total. The Labute approximate surface area is 172 Å². The van der Waals surface area contributed by atoms with Crippen LogP contribution in [0.4, 0.5) is 5.69 Å². The van der Waals surface area contributed by atoms with Gasteiger partial charge in [-0.25, -0.2) is 9.78 Å². The molecule has 1 amide bonds. The second kappa shape index (κ2) is 9.79. The quantitative estimate of drug-likeness (QED) is 0.433. The number of thioether (sulfide) groups is 1. The highest BCUT2D eigenvalue weighted by Gasteiger charge is 2.24. The van der Waals surface area contributed by atoms with Gasteiger partial charge in [-0.2, -0.15) is 11.8 Å². The fourth-order valence-electron chi connectivity index (χ4n) is 2.55. The first-order valence-corrected chi connectivity index (χ1v) is 10.0. The molecule has 8 heteroatoms. The van der Waals surface area contributed by atoms with Gasteiger partial charge in [-0.05, 0) is 29.8 Å². The van der Waals surface area contributed by atoms with Crippen LogP contribution in [0.15, 0.2) is 65.3 Å². The molecular weight excluding hydrogens is 390 g/mol. The Morgan fingerprint density at radius 3 is 2.59 bits per heavy atom. The van der Waals surface area contributed by atoms with Gasteiger partial charge in [-0.15, -0.1) is 0 Å². The number of carbonyl (C=O) groups is 2. The summed E-state index contributed by atoms with van der Waals surface area (Å²) < 4.78 is 10.2. The lowest BCUT2D eigenvalue weighted by molar-refractivity contribution is -0.142. The van der Waals surface area contributed by atoms with Crippen molar-refractivity contribution in [1.29, 1.82) is 0 Å². The third kappa shape index (κ3) is 5.61. The maximum Gasteiger partial charge on any atom is 0.329 e. The van der Waals surface area contributed by atoms with Gasteiger partial charge in [0.05, 0.1) is 7.11 Å². The van der Waals surface area contributed by atoms with E-state index in [-0.39, 0.29) is 5.69 Å². The number of rotatable bonds is 8. The van der Waals surface area contributed by atoms with Crippen molar-refractivity contribution in [3.8, 4) is 11.5 Å². The van der Waals surface area contributed by atoms with Crippen LogP contribution in [-0.4, -0.2) is 35.8 Å². The summed E-state index contributed by atoms with van der Waals surface area (Å²) in [5.74, 6) is 0.362. The van der Waals surface area contributed by atoms with E-state index in [2.05, 4.69) is 10.3 Å². The number of aromatic nitrogens is 1. The predicted molar refractivity (Wildman–Crippen MR) is 112 cm³/mol. The second-order valence-corrected chi connectivity index (χ2v) is 7.24. The molecule has 0 bridgehead atoms. The number of nitrogens with zero attached hydrogens (tertiary/aromatic N) is 1. The molecule has 1 heterocycles. The zero-order valence-electron chi connectivity index (χ0n) is 15.8. The van der Waals surface area contributed by atoms with E-state index in [9.17, 15) is 9.59 Å². The highest BCUT2D eigenvalue weighted by atomic mass is 32.2. The number of hydrogen-bond acceptors (Lipinski definition) is 7. The van der Waals surface area contributed by atoms with E-state index in [0.29, 0.717) is 22.9 Å². The number of nitrogens with one attached hydrogen (secondary N) is 1. The minimum Gasteiger partial charge on any atom is -0.467 e. The van der Waals surface area contributed by atoms with Crippen LogP contribution in [0.25, 0.3) is 11.5 Å². The maximum absolute atomic E-state index is 12.5. The van der Waals surface area contributed by atoms with Crippen LogP contribution in [0.1, 0.15) is 16.1 Å². The van der Waals surface area contributed by atoms with Crippen molar-refractivity contribution in [3.63, 3.8) is 0 Å². The number of oxazole rings is 1. The van der Waals surface area contributed by atoms with E-state index >= 15 is 0 Å². The van der Waals surface area contributed by atoms with Gasteiger partial charge in [0.2, 0.25) is 5.89 Å². The Morgan fingerprint density at radius 2 is 1.90 bits per heavy atom. The molecule has 1 aromatic heterocycles. The number of amides is 1. The van der Waals surface area contributed by atoms with Crippen molar-refractivity contribution >= 4 is 29.3 Å². The monoisotopic (exact) mass is 411 g/mol. The van der Waals surface area contributed by atoms with Gasteiger partial charge in [0.1, 0.15) is 12.3 Å². The molecule has 3 aromatic rings. The number of nitrogens with two attached hydrogens (primary N) is 1. The number of carbonyl (C=O) groups excluding carboxylic acids is 2. The fourth-order valence-corrected chi connectivity index (χ4v) is 3.55. The summed E-state index contributed by atoms with van der Waals surface area (Å²) in [5.41, 5.74) is 8.20. The van der Waals surface area contributed by atoms with E-state index < -0.39 is 17.9 Å². The van der Waals surface area contributed by atoms with E-state index in [4.69, 9.17) is 14.9 Å². The third-order valence-corrected chi connectivity index (χ3v) is 5.19. The first-order chi connectivity index (χ1) is 14.1. The molecule has 7 nitrogen and oxygen atoms in total. The lowest BCUT2D eigenvalue weighted by atomic mass is 10.2. The molecule has 0 aliphatic rings. The summed E-state index contributed by atoms with van der Waals surface area (Å²) in [4.78, 5) is 28.8. The van der Waals surface area contributed by atoms with Crippen LogP contribution in [-0.2, 0) is 15.3 Å². The zero-order valence-corrected chi connectivity index (χ0v) is 16.6. The van der Waals surface area contributed by atoms with Crippen LogP contribution in [0.5, 0.6) is 0 Å². The Balaban J connectivity index is 1.62. The largest absolute Gasteiger partial charge is 0.467 e. The number of esters is 1. The molecule has 2 aromatic carbocycles. The van der Waals surface area contributed by atoms with Crippen molar-refractivity contribution in [1.82, 2.24) is 10.3 Å². The summed E-state index contributed by atoms with van der Waals surface area (Å²) >= 11 is 1.53. The molecule has 150 valence electrons. The normalized spacial score (nSPS) is 11.6. The first-order valence-electron chi connectivity index (χ1n) is 8.88. The standard InChI is InChI=1S/C21H21N3O4S/c1-27-21(26)18(13-29-12-14-5-3-2-4-6-14)23-19(25)17-11-28-20(24-17)15-7-9-16(22)10-8-15/h2-11,18H,12-13,22H2,1H3,(H,23,25). The van der Waals surface area contributed by atoms with Crippen LogP contribution in [0.3, 0.4) is 0 Å². The molecule has 1 atom stereocenters. The van der Waals surface area contributed by atoms with Gasteiger partial charge in [0.15, 0.2) is 5.69 Å². The van der Waals surface area contributed by atoms with Crippen LogP contribution in [0, 0.1) is 0 Å². The minimum atomic E-state index is -0.794. The molecule has 0 saturated carbocycles. The third-order valence-electron chi connectivity index (χ3n) is 4.08. The molecule has 0 aliphatic carbocycles. The molecule has 0 aliphatic heterocycles. The zero-order chi connectivity index (χ0) is 20.6. The minimum absolute atomic E-state index is 0.0822. The summed E-state index contributed by atoms with van der Waals surface area (Å²) in [6, 6.07) is 16.0. The molecule has 3 rings (SSSR count). The summed E-state index contributed by atoms with van der Waals surface area (Å²) in [5, 5.41) is 2.67. The Hall–Kier alpha value is -3.26. The van der Waals surface area contributed by atoms with Gasteiger partial charge in [0.25, 0.3) is 5.91 Å². The number of benzene rings is 2. The average Bonchev–Trinajstić information content (AvgIpc) is 3.24. The van der Waals surface area contributed by atoms with Crippen molar-refractivity contribution in [2.75, 3.05) is 18.6 Å². The van der Waals surface area contributed by atoms with Gasteiger partial charge in [0, 0.05) is 22.8 Å². The number of anilines is 1. The van der Waals surface area contributed by atoms with Crippen LogP contribution >= 0.6 is 11.8 Å². The first kappa shape index (κ1) is 20.5. The van der Waals surface area contributed by atoms with Gasteiger partial charge in [-0.1, -0.05) is 30.3 Å². The van der Waals surface area contributed by atoms with Crippen molar-refractivity contribution < 1.29 is 18.7 Å². The topological polar surface area (TPSA) is 107 Å². The van der Waals surface area contributed by atoms with E-state index in [0.717, 1.165) is 11.3 Å². The molecule has 0 saturated heterocycles. The van der Waals surface area contributed by atoms with Crippen molar-refractivity contribution in [2.45, 2.75) is 11.8 Å². The Morgan fingerprint density at radius 1 is 1.17 bits per heavy atom. The number of nitrogen functional groups attached to an aromatic ring is 1. The lowest BCUT2D eigenvalue weighted by Crippen LogP contribution is -2.43. The summed E-state index contributed by atoms with van der Waals surface area (Å²) in [7, 11) is 1.29. The van der Waals surface area contributed by atoms with Gasteiger partial charge in [-0.3, -0.25) is 4.79 Å². The number of ether oxygens (including phenoxy) is 1. The molecule has 0 radical (unpaired) electrons. The van der Waals surface area contributed by atoms with E-state index in [1.165, 1.54) is 25.1 Å². The van der Waals surface area contributed by atoms with Crippen molar-refractivity contribution in [3.05, 3.63) is 72.1 Å². The SMILES string of the molecule is COC(=O)C(CSCc1ccccc1)NC(=O)c1coc(-c2ccc(N)cc2)n1. The van der Waals surface area contributed by atoms with Gasteiger partial charge < -0.3 is 20.2 Å². The highest BCUT2D eigenvalue weighted by molar-refractivity contribution is 7.98. The second-order valence-electron chi connectivity index (χ2n) is 6.21. The molecule has 0 fully saturated rings. The molecule has 29 heavy (non-hydrogen) atoms. The molecule has 0 spiro atoms. The maximum atomic E-state index is 12.5.